The number of carbonyl (C=O) groups is 1. The van der Waals surface area contributed by atoms with Crippen molar-refractivity contribution in [2.24, 2.45) is 10.9 Å². The first-order chi connectivity index (χ1) is 12.0. The second kappa shape index (κ2) is 7.85. The van der Waals surface area contributed by atoms with Crippen molar-refractivity contribution in [1.29, 1.82) is 0 Å². The highest BCUT2D eigenvalue weighted by molar-refractivity contribution is 6.68. The number of halogens is 1. The van der Waals surface area contributed by atoms with E-state index in [1.165, 1.54) is 0 Å². The molecule has 3 rings (SSSR count). The van der Waals surface area contributed by atoms with Crippen molar-refractivity contribution in [3.63, 3.8) is 0 Å². The maximum atomic E-state index is 12.2. The summed E-state index contributed by atoms with van der Waals surface area (Å²) >= 11 is 6.05. The molecule has 0 saturated carbocycles. The fourth-order valence-electron chi connectivity index (χ4n) is 2.97. The molecule has 25 heavy (non-hydrogen) atoms. The molecule has 2 heterocycles. The standard InChI is InChI=1S/C19H22ClN3O2/c1-13(2)23-10-16(15-9-21-18(20)8-17(15)23)22-19(24)12-25-11-14-6-4-3-5-7-14/h3-8,10,13,15H,9,11-12H2,1-2H3,(H,22,24). The summed E-state index contributed by atoms with van der Waals surface area (Å²) < 4.78 is 5.50. The predicted molar refractivity (Wildman–Crippen MR) is 99.0 cm³/mol. The Balaban J connectivity index is 1.57. The quantitative estimate of drug-likeness (QED) is 0.849. The van der Waals surface area contributed by atoms with Crippen molar-refractivity contribution in [3.8, 4) is 0 Å². The van der Waals surface area contributed by atoms with Crippen LogP contribution in [0.25, 0.3) is 0 Å². The molecule has 1 unspecified atom stereocenters. The number of hydrogen-bond donors (Lipinski definition) is 1. The molecular formula is C19H22ClN3O2. The average Bonchev–Trinajstić information content (AvgIpc) is 2.93. The van der Waals surface area contributed by atoms with Crippen molar-refractivity contribution in [3.05, 3.63) is 59.6 Å². The van der Waals surface area contributed by atoms with E-state index in [0.29, 0.717) is 18.3 Å². The van der Waals surface area contributed by atoms with Gasteiger partial charge in [0.15, 0.2) is 0 Å². The molecule has 0 spiro atoms. The van der Waals surface area contributed by atoms with Crippen LogP contribution in [0.3, 0.4) is 0 Å². The molecule has 0 bridgehead atoms. The first-order valence-electron chi connectivity index (χ1n) is 8.37. The fourth-order valence-corrected chi connectivity index (χ4v) is 3.15. The normalized spacial score (nSPS) is 19.3. The predicted octanol–water partition coefficient (Wildman–Crippen LogP) is 3.04. The fraction of sp³-hybridized carbons (Fsp3) is 0.368. The van der Waals surface area contributed by atoms with E-state index in [-0.39, 0.29) is 24.5 Å². The zero-order chi connectivity index (χ0) is 17.8. The van der Waals surface area contributed by atoms with Crippen LogP contribution < -0.4 is 5.32 Å². The molecule has 1 amide bonds. The van der Waals surface area contributed by atoms with Gasteiger partial charge in [-0.3, -0.25) is 9.79 Å². The zero-order valence-corrected chi connectivity index (χ0v) is 15.2. The molecular weight excluding hydrogens is 338 g/mol. The number of nitrogens with zero attached hydrogens (tertiary/aromatic N) is 2. The second-order valence-electron chi connectivity index (χ2n) is 6.40. The van der Waals surface area contributed by atoms with Gasteiger partial charge in [0.2, 0.25) is 5.91 Å². The number of ether oxygens (including phenoxy) is 1. The monoisotopic (exact) mass is 359 g/mol. The summed E-state index contributed by atoms with van der Waals surface area (Å²) in [6.45, 7) is 5.18. The maximum absolute atomic E-state index is 12.2. The van der Waals surface area contributed by atoms with Gasteiger partial charge < -0.3 is 15.0 Å². The van der Waals surface area contributed by atoms with Gasteiger partial charge in [-0.05, 0) is 25.5 Å². The minimum absolute atomic E-state index is 0.0176. The van der Waals surface area contributed by atoms with Crippen LogP contribution in [0.1, 0.15) is 19.4 Å². The Labute approximate surface area is 153 Å². The first kappa shape index (κ1) is 17.7. The third-order valence-corrected chi connectivity index (χ3v) is 4.41. The van der Waals surface area contributed by atoms with Gasteiger partial charge in [0, 0.05) is 23.6 Å². The van der Waals surface area contributed by atoms with Crippen LogP contribution in [0.15, 0.2) is 59.0 Å². The topological polar surface area (TPSA) is 53.9 Å². The molecule has 5 nitrogen and oxygen atoms in total. The maximum Gasteiger partial charge on any atom is 0.250 e. The van der Waals surface area contributed by atoms with Gasteiger partial charge in [-0.15, -0.1) is 0 Å². The highest BCUT2D eigenvalue weighted by atomic mass is 35.5. The Hall–Kier alpha value is -2.11. The summed E-state index contributed by atoms with van der Waals surface area (Å²) in [5.41, 5.74) is 2.97. The van der Waals surface area contributed by atoms with E-state index in [1.54, 1.807) is 0 Å². The van der Waals surface area contributed by atoms with Gasteiger partial charge in [0.25, 0.3) is 0 Å². The lowest BCUT2D eigenvalue weighted by molar-refractivity contribution is -0.125. The summed E-state index contributed by atoms with van der Waals surface area (Å²) in [7, 11) is 0. The van der Waals surface area contributed by atoms with Crippen LogP contribution in [-0.4, -0.2) is 35.2 Å². The number of fused-ring (bicyclic) bond motifs is 1. The van der Waals surface area contributed by atoms with Crippen LogP contribution in [0.2, 0.25) is 0 Å². The van der Waals surface area contributed by atoms with E-state index in [2.05, 4.69) is 29.1 Å². The number of carbonyl (C=O) groups excluding carboxylic acids is 1. The van der Waals surface area contributed by atoms with Crippen LogP contribution in [-0.2, 0) is 16.1 Å². The minimum Gasteiger partial charge on any atom is -0.367 e. The number of hydrogen-bond acceptors (Lipinski definition) is 4. The summed E-state index contributed by atoms with van der Waals surface area (Å²) in [6, 6.07) is 10.1. The van der Waals surface area contributed by atoms with Crippen molar-refractivity contribution in [1.82, 2.24) is 10.2 Å². The van der Waals surface area contributed by atoms with Crippen molar-refractivity contribution >= 4 is 22.7 Å². The Kier molecular flexibility index (Phi) is 5.56. The molecule has 1 aromatic rings. The van der Waals surface area contributed by atoms with Gasteiger partial charge >= 0.3 is 0 Å². The minimum atomic E-state index is -0.159. The lowest BCUT2D eigenvalue weighted by Gasteiger charge is -2.27. The van der Waals surface area contributed by atoms with Crippen LogP contribution >= 0.6 is 11.6 Å². The van der Waals surface area contributed by atoms with Crippen molar-refractivity contribution in [2.75, 3.05) is 13.2 Å². The second-order valence-corrected chi connectivity index (χ2v) is 6.78. The molecule has 6 heteroatoms. The Morgan fingerprint density at radius 1 is 1.40 bits per heavy atom. The number of amides is 1. The molecule has 0 aromatic heterocycles. The zero-order valence-electron chi connectivity index (χ0n) is 14.4. The number of aliphatic imine (C=N–C) groups is 1. The summed E-state index contributed by atoms with van der Waals surface area (Å²) in [5.74, 6) is -0.115. The van der Waals surface area contributed by atoms with Gasteiger partial charge in [-0.25, -0.2) is 0 Å². The van der Waals surface area contributed by atoms with Crippen LogP contribution in [0.4, 0.5) is 0 Å². The molecule has 2 aliphatic heterocycles. The van der Waals surface area contributed by atoms with Gasteiger partial charge in [-0.1, -0.05) is 41.9 Å². The Morgan fingerprint density at radius 2 is 2.16 bits per heavy atom. The van der Waals surface area contributed by atoms with E-state index < -0.39 is 0 Å². The van der Waals surface area contributed by atoms with E-state index in [4.69, 9.17) is 16.3 Å². The summed E-state index contributed by atoms with van der Waals surface area (Å²) in [6.07, 6.45) is 3.85. The number of allylic oxidation sites excluding steroid dienone is 1. The van der Waals surface area contributed by atoms with Gasteiger partial charge in [-0.2, -0.15) is 0 Å². The Morgan fingerprint density at radius 3 is 2.88 bits per heavy atom. The molecule has 0 saturated heterocycles. The molecule has 0 radical (unpaired) electrons. The average molecular weight is 360 g/mol. The molecule has 1 aromatic carbocycles. The van der Waals surface area contributed by atoms with Crippen molar-refractivity contribution in [2.45, 2.75) is 26.5 Å². The number of dihydropyridines is 1. The number of rotatable bonds is 6. The van der Waals surface area contributed by atoms with E-state index in [9.17, 15) is 4.79 Å². The molecule has 1 atom stereocenters. The molecule has 2 aliphatic rings. The van der Waals surface area contributed by atoms with E-state index >= 15 is 0 Å². The molecule has 132 valence electrons. The first-order valence-corrected chi connectivity index (χ1v) is 8.75. The molecule has 1 N–H and O–H groups in total. The third-order valence-electron chi connectivity index (χ3n) is 4.19. The van der Waals surface area contributed by atoms with Crippen LogP contribution in [0, 0.1) is 5.92 Å². The molecule has 0 fully saturated rings. The summed E-state index contributed by atoms with van der Waals surface area (Å²) in [4.78, 5) is 18.6. The number of nitrogens with one attached hydrogen (secondary N) is 1. The van der Waals surface area contributed by atoms with E-state index in [1.807, 2.05) is 42.6 Å². The SMILES string of the molecule is CC(C)N1C=C(NC(=O)COCc2ccccc2)C2CN=C(Cl)C=C21. The number of benzene rings is 1. The van der Waals surface area contributed by atoms with E-state index in [0.717, 1.165) is 17.0 Å². The lowest BCUT2D eigenvalue weighted by Crippen LogP contribution is -2.31. The van der Waals surface area contributed by atoms with Gasteiger partial charge in [0.1, 0.15) is 11.8 Å². The smallest absolute Gasteiger partial charge is 0.250 e. The third kappa shape index (κ3) is 4.30. The highest BCUT2D eigenvalue weighted by Crippen LogP contribution is 2.34. The van der Waals surface area contributed by atoms with Crippen molar-refractivity contribution < 1.29 is 9.53 Å². The Bertz CT molecular complexity index is 725. The largest absolute Gasteiger partial charge is 0.367 e. The summed E-state index contributed by atoms with van der Waals surface area (Å²) in [5, 5.41) is 3.47. The molecule has 0 aliphatic carbocycles. The van der Waals surface area contributed by atoms with Gasteiger partial charge in [0.05, 0.1) is 19.1 Å². The highest BCUT2D eigenvalue weighted by Gasteiger charge is 2.34. The lowest BCUT2D eigenvalue weighted by atomic mass is 10.0. The van der Waals surface area contributed by atoms with Crippen LogP contribution in [0.5, 0.6) is 0 Å².